The molecule has 0 unspecified atom stereocenters. The van der Waals surface area contributed by atoms with Crippen molar-refractivity contribution in [3.05, 3.63) is 60.3 Å². The van der Waals surface area contributed by atoms with Gasteiger partial charge in [-0.05, 0) is 49.3 Å². The van der Waals surface area contributed by atoms with Crippen LogP contribution in [-0.2, 0) is 16.0 Å². The molecule has 2 fully saturated rings. The number of rotatable bonds is 15. The third kappa shape index (κ3) is 12.3. The second-order valence-electron chi connectivity index (χ2n) is 12.3. The van der Waals surface area contributed by atoms with Gasteiger partial charge in [-0.25, -0.2) is 9.78 Å². The van der Waals surface area contributed by atoms with Gasteiger partial charge in [0.25, 0.3) is 0 Å². The predicted octanol–water partition coefficient (Wildman–Crippen LogP) is 3.63. The van der Waals surface area contributed by atoms with Crippen LogP contribution in [0.2, 0.25) is 0 Å². The molecular formula is C34H50N6O4S. The number of nitrogens with two attached hydrogens (primary N) is 1. The summed E-state index contributed by atoms with van der Waals surface area (Å²) in [7, 11) is 0. The Bertz CT molecular complexity index is 1180. The molecule has 2 aromatic rings. The Labute approximate surface area is 271 Å². The molecule has 1 aliphatic heterocycles. The number of amides is 4. The molecule has 246 valence electrons. The highest BCUT2D eigenvalue weighted by molar-refractivity contribution is 7.99. The Morgan fingerprint density at radius 3 is 2.42 bits per heavy atom. The Kier molecular flexibility index (Phi) is 14.5. The van der Waals surface area contributed by atoms with Crippen molar-refractivity contribution >= 4 is 29.6 Å². The minimum Gasteiger partial charge on any atom is -0.391 e. The fraction of sp³-hybridized carbons (Fsp3) is 0.588. The maximum atomic E-state index is 13.3. The number of urea groups is 1. The first-order valence-corrected chi connectivity index (χ1v) is 17.5. The lowest BCUT2D eigenvalue weighted by Gasteiger charge is -2.31. The van der Waals surface area contributed by atoms with Crippen LogP contribution >= 0.6 is 11.8 Å². The molecule has 6 N–H and O–H groups in total. The number of carbonyl (C=O) groups is 3. The zero-order chi connectivity index (χ0) is 31.9. The quantitative estimate of drug-likeness (QED) is 0.187. The van der Waals surface area contributed by atoms with E-state index in [0.717, 1.165) is 42.7 Å². The number of aromatic nitrogens is 1. The van der Waals surface area contributed by atoms with E-state index < -0.39 is 12.1 Å². The summed E-state index contributed by atoms with van der Waals surface area (Å²) in [5, 5.41) is 20.9. The van der Waals surface area contributed by atoms with Crippen molar-refractivity contribution < 1.29 is 19.5 Å². The molecule has 1 saturated heterocycles. The molecule has 3 atom stereocenters. The summed E-state index contributed by atoms with van der Waals surface area (Å²) >= 11 is 1.59. The van der Waals surface area contributed by atoms with Gasteiger partial charge in [0.2, 0.25) is 11.8 Å². The fourth-order valence-corrected chi connectivity index (χ4v) is 6.99. The van der Waals surface area contributed by atoms with Crippen molar-refractivity contribution in [3.63, 3.8) is 0 Å². The van der Waals surface area contributed by atoms with Gasteiger partial charge in [-0.1, -0.05) is 68.5 Å². The first-order chi connectivity index (χ1) is 21.9. The average molecular weight is 639 g/mol. The van der Waals surface area contributed by atoms with Crippen molar-refractivity contribution in [2.75, 3.05) is 25.4 Å². The SMILES string of the molecule is NC1CCN(C(=O)N[C@@H](Cc2ccccc2)C(=O)NCCC(=O)N[C@@H](CC2CCCCC2)[C@@H](O)CCSc2ccccn2)CC1. The lowest BCUT2D eigenvalue weighted by Crippen LogP contribution is -2.54. The van der Waals surface area contributed by atoms with Crippen LogP contribution in [0, 0.1) is 5.92 Å². The van der Waals surface area contributed by atoms with E-state index in [1.165, 1.54) is 19.3 Å². The summed E-state index contributed by atoms with van der Waals surface area (Å²) in [5.41, 5.74) is 6.92. The zero-order valence-electron chi connectivity index (χ0n) is 26.2. The van der Waals surface area contributed by atoms with Gasteiger partial charge in [0.15, 0.2) is 0 Å². The average Bonchev–Trinajstić information content (AvgIpc) is 3.05. The first kappa shape index (κ1) is 34.7. The molecule has 1 saturated carbocycles. The van der Waals surface area contributed by atoms with Crippen molar-refractivity contribution in [2.45, 2.75) is 99.9 Å². The third-order valence-electron chi connectivity index (χ3n) is 8.80. The molecule has 4 rings (SSSR count). The van der Waals surface area contributed by atoms with Crippen LogP contribution in [0.4, 0.5) is 4.79 Å². The van der Waals surface area contributed by atoms with Gasteiger partial charge in [-0.2, -0.15) is 0 Å². The Morgan fingerprint density at radius 1 is 0.978 bits per heavy atom. The van der Waals surface area contributed by atoms with Crippen LogP contribution in [0.25, 0.3) is 0 Å². The van der Waals surface area contributed by atoms with Gasteiger partial charge in [0.05, 0.1) is 17.2 Å². The van der Waals surface area contributed by atoms with Gasteiger partial charge >= 0.3 is 6.03 Å². The van der Waals surface area contributed by atoms with E-state index in [9.17, 15) is 19.5 Å². The van der Waals surface area contributed by atoms with Crippen molar-refractivity contribution in [1.29, 1.82) is 0 Å². The maximum absolute atomic E-state index is 13.3. The molecule has 45 heavy (non-hydrogen) atoms. The number of nitrogens with one attached hydrogen (secondary N) is 3. The number of hydrogen-bond acceptors (Lipinski definition) is 7. The van der Waals surface area contributed by atoms with Gasteiger partial charge in [-0.3, -0.25) is 9.59 Å². The fourth-order valence-electron chi connectivity index (χ4n) is 6.12. The van der Waals surface area contributed by atoms with Crippen LogP contribution < -0.4 is 21.7 Å². The number of likely N-dealkylation sites (tertiary alicyclic amines) is 1. The van der Waals surface area contributed by atoms with E-state index in [4.69, 9.17) is 5.73 Å². The number of pyridine rings is 1. The minimum atomic E-state index is -0.781. The molecule has 1 aromatic carbocycles. The number of piperidine rings is 1. The second kappa shape index (κ2) is 18.7. The van der Waals surface area contributed by atoms with E-state index in [1.54, 1.807) is 22.9 Å². The summed E-state index contributed by atoms with van der Waals surface area (Å²) in [6, 6.07) is 14.0. The first-order valence-electron chi connectivity index (χ1n) is 16.5. The van der Waals surface area contributed by atoms with E-state index in [-0.39, 0.29) is 42.9 Å². The summed E-state index contributed by atoms with van der Waals surface area (Å²) in [6.45, 7) is 1.25. The predicted molar refractivity (Wildman–Crippen MR) is 178 cm³/mol. The van der Waals surface area contributed by atoms with Gasteiger partial charge in [0.1, 0.15) is 6.04 Å². The highest BCUT2D eigenvalue weighted by Crippen LogP contribution is 2.29. The third-order valence-corrected chi connectivity index (χ3v) is 9.78. The van der Waals surface area contributed by atoms with Gasteiger partial charge in [-0.15, -0.1) is 11.8 Å². The van der Waals surface area contributed by atoms with Crippen molar-refractivity contribution in [3.8, 4) is 0 Å². The molecule has 1 aromatic heterocycles. The lowest BCUT2D eigenvalue weighted by molar-refractivity contribution is -0.124. The lowest BCUT2D eigenvalue weighted by atomic mass is 9.83. The molecule has 2 heterocycles. The van der Waals surface area contributed by atoms with E-state index in [1.807, 2.05) is 48.5 Å². The van der Waals surface area contributed by atoms with Gasteiger partial charge in [0, 0.05) is 50.5 Å². The summed E-state index contributed by atoms with van der Waals surface area (Å²) in [4.78, 5) is 45.4. The molecule has 10 nitrogen and oxygen atoms in total. The summed E-state index contributed by atoms with van der Waals surface area (Å²) < 4.78 is 0. The second-order valence-corrected chi connectivity index (χ2v) is 13.5. The van der Waals surface area contributed by atoms with E-state index >= 15 is 0 Å². The molecule has 1 aliphatic carbocycles. The highest BCUT2D eigenvalue weighted by atomic mass is 32.2. The van der Waals surface area contributed by atoms with Crippen LogP contribution in [-0.4, -0.2) is 82.5 Å². The molecule has 4 amide bonds. The number of aliphatic hydroxyl groups is 1. The molecular weight excluding hydrogens is 588 g/mol. The number of hydrogen-bond donors (Lipinski definition) is 5. The van der Waals surface area contributed by atoms with Crippen LogP contribution in [0.3, 0.4) is 0 Å². The van der Waals surface area contributed by atoms with Gasteiger partial charge < -0.3 is 31.7 Å². The molecule has 2 aliphatic rings. The number of benzene rings is 1. The maximum Gasteiger partial charge on any atom is 0.318 e. The number of thioether (sulfide) groups is 1. The monoisotopic (exact) mass is 638 g/mol. The standard InChI is InChI=1S/C34H50N6O4S/c35-27-15-20-40(21-16-27)34(44)39-29(24-26-11-5-2-6-12-26)33(43)37-19-14-31(42)38-28(23-25-9-3-1-4-10-25)30(41)17-22-45-32-13-7-8-18-36-32/h2,5-8,11-13,18,25,27-30,41H,1,3-4,9-10,14-17,19-24,35H2,(H,37,43)(H,38,42)(H,39,44)/t28-,29-,30-/m0/s1. The topological polar surface area (TPSA) is 150 Å². The molecule has 0 spiro atoms. The minimum absolute atomic E-state index is 0.0817. The molecule has 11 heteroatoms. The van der Waals surface area contributed by atoms with Crippen LogP contribution in [0.5, 0.6) is 0 Å². The number of carbonyl (C=O) groups excluding carboxylic acids is 3. The Balaban J connectivity index is 1.28. The largest absolute Gasteiger partial charge is 0.391 e. The van der Waals surface area contributed by atoms with Crippen molar-refractivity contribution in [2.24, 2.45) is 11.7 Å². The Morgan fingerprint density at radius 2 is 1.71 bits per heavy atom. The molecule has 0 radical (unpaired) electrons. The summed E-state index contributed by atoms with van der Waals surface area (Å²) in [5.74, 6) is 0.643. The highest BCUT2D eigenvalue weighted by Gasteiger charge is 2.28. The number of aliphatic hydroxyl groups excluding tert-OH is 1. The van der Waals surface area contributed by atoms with Crippen LogP contribution in [0.1, 0.15) is 69.8 Å². The normalized spacial score (nSPS) is 18.0. The molecule has 0 bridgehead atoms. The van der Waals surface area contributed by atoms with E-state index in [2.05, 4.69) is 20.9 Å². The number of nitrogens with zero attached hydrogens (tertiary/aromatic N) is 2. The smallest absolute Gasteiger partial charge is 0.318 e. The van der Waals surface area contributed by atoms with Crippen LogP contribution in [0.15, 0.2) is 59.8 Å². The Hall–Kier alpha value is -3.15. The summed E-state index contributed by atoms with van der Waals surface area (Å²) in [6.07, 6.45) is 10.1. The van der Waals surface area contributed by atoms with Crippen molar-refractivity contribution in [1.82, 2.24) is 25.8 Å². The zero-order valence-corrected chi connectivity index (χ0v) is 27.1. The van der Waals surface area contributed by atoms with E-state index in [0.29, 0.717) is 37.6 Å².